The molecule has 1 heterocycles. The number of aromatic nitrogens is 1. The van der Waals surface area contributed by atoms with Crippen LogP contribution in [0, 0.1) is 6.92 Å². The van der Waals surface area contributed by atoms with Crippen LogP contribution in [0.1, 0.15) is 27.4 Å². The topological polar surface area (TPSA) is 55.1 Å². The van der Waals surface area contributed by atoms with Gasteiger partial charge in [0.1, 0.15) is 0 Å². The minimum absolute atomic E-state index is 0.140. The van der Waals surface area contributed by atoms with Crippen LogP contribution in [0.25, 0.3) is 0 Å². The monoisotopic (exact) mass is 264 g/mol. The molecule has 2 aromatic rings. The van der Waals surface area contributed by atoms with Gasteiger partial charge in [-0.25, -0.2) is 0 Å². The zero-order chi connectivity index (χ0) is 13.0. The van der Waals surface area contributed by atoms with Crippen molar-refractivity contribution in [2.24, 2.45) is 0 Å². The van der Waals surface area contributed by atoms with E-state index < -0.39 is 0 Å². The van der Waals surface area contributed by atoms with Crippen molar-refractivity contribution in [3.63, 3.8) is 0 Å². The van der Waals surface area contributed by atoms with Gasteiger partial charge in [-0.15, -0.1) is 11.6 Å². The molecule has 2 rings (SSSR count). The number of amides is 1. The second kappa shape index (κ2) is 5.69. The highest BCUT2D eigenvalue weighted by atomic mass is 35.5. The van der Waals surface area contributed by atoms with Gasteiger partial charge in [-0.1, -0.05) is 22.9 Å². The van der Waals surface area contributed by atoms with Gasteiger partial charge in [-0.2, -0.15) is 0 Å². The third kappa shape index (κ3) is 3.11. The third-order valence-electron chi connectivity index (χ3n) is 2.48. The summed E-state index contributed by atoms with van der Waals surface area (Å²) in [6.45, 7) is 2.28. The van der Waals surface area contributed by atoms with Gasteiger partial charge in [-0.3, -0.25) is 4.79 Å². The van der Waals surface area contributed by atoms with E-state index in [9.17, 15) is 4.79 Å². The minimum Gasteiger partial charge on any atom is -0.359 e. The van der Waals surface area contributed by atoms with Crippen LogP contribution in [0.15, 0.2) is 34.9 Å². The van der Waals surface area contributed by atoms with Crippen molar-refractivity contribution in [1.29, 1.82) is 0 Å². The maximum atomic E-state index is 11.8. The summed E-state index contributed by atoms with van der Waals surface area (Å²) in [5.74, 6) is 0.750. The Kier molecular flexibility index (Phi) is 3.99. The van der Waals surface area contributed by atoms with Gasteiger partial charge < -0.3 is 9.84 Å². The largest absolute Gasteiger partial charge is 0.359 e. The molecule has 0 aliphatic carbocycles. The van der Waals surface area contributed by atoms with E-state index in [0.29, 0.717) is 29.4 Å². The van der Waals surface area contributed by atoms with E-state index in [1.54, 1.807) is 18.2 Å². The van der Waals surface area contributed by atoms with Crippen molar-refractivity contribution >= 4 is 17.5 Å². The summed E-state index contributed by atoms with van der Waals surface area (Å²) >= 11 is 5.60. The maximum absolute atomic E-state index is 11.8. The Morgan fingerprint density at radius 1 is 1.39 bits per heavy atom. The molecule has 1 aromatic heterocycles. The molecule has 0 unspecified atom stereocenters. The van der Waals surface area contributed by atoms with Gasteiger partial charge in [0, 0.05) is 11.6 Å². The molecule has 0 atom stereocenters. The number of hydrogen-bond acceptors (Lipinski definition) is 3. The summed E-state index contributed by atoms with van der Waals surface area (Å²) in [4.78, 5) is 11.8. The molecule has 1 amide bonds. The number of hydrogen-bond donors (Lipinski definition) is 1. The summed E-state index contributed by atoms with van der Waals surface area (Å²) in [5, 5.41) is 6.50. The van der Waals surface area contributed by atoms with E-state index in [0.717, 1.165) is 5.56 Å². The smallest absolute Gasteiger partial charge is 0.251 e. The Balaban J connectivity index is 1.93. The fourth-order valence-corrected chi connectivity index (χ4v) is 1.60. The Hall–Kier alpha value is -1.81. The Morgan fingerprint density at radius 2 is 2.11 bits per heavy atom. The van der Waals surface area contributed by atoms with Gasteiger partial charge in [-0.05, 0) is 19.1 Å². The first-order chi connectivity index (χ1) is 8.69. The molecule has 94 valence electrons. The number of nitrogens with one attached hydrogen (secondary N) is 1. The van der Waals surface area contributed by atoms with E-state index in [2.05, 4.69) is 10.5 Å². The van der Waals surface area contributed by atoms with Gasteiger partial charge >= 0.3 is 0 Å². The fourth-order valence-electron chi connectivity index (χ4n) is 1.48. The SMILES string of the molecule is Cc1ccc(C(=O)NCc2cc(CCl)no2)cc1. The number of alkyl halides is 1. The third-order valence-corrected chi connectivity index (χ3v) is 2.76. The van der Waals surface area contributed by atoms with Crippen LogP contribution in [0.4, 0.5) is 0 Å². The molecule has 1 N–H and O–H groups in total. The lowest BCUT2D eigenvalue weighted by atomic mass is 10.1. The van der Waals surface area contributed by atoms with Gasteiger partial charge in [0.25, 0.3) is 5.91 Å². The highest BCUT2D eigenvalue weighted by Crippen LogP contribution is 2.07. The number of nitrogens with zero attached hydrogens (tertiary/aromatic N) is 1. The van der Waals surface area contributed by atoms with Crippen molar-refractivity contribution < 1.29 is 9.32 Å². The first-order valence-corrected chi connectivity index (χ1v) is 6.08. The molecule has 0 radical (unpaired) electrons. The molecule has 4 nitrogen and oxygen atoms in total. The maximum Gasteiger partial charge on any atom is 0.251 e. The molecule has 0 saturated heterocycles. The fraction of sp³-hybridized carbons (Fsp3) is 0.231. The minimum atomic E-state index is -0.140. The van der Waals surface area contributed by atoms with Crippen LogP contribution in [-0.4, -0.2) is 11.1 Å². The second-order valence-electron chi connectivity index (χ2n) is 3.97. The molecule has 0 aliphatic heterocycles. The van der Waals surface area contributed by atoms with Crippen molar-refractivity contribution in [2.75, 3.05) is 0 Å². The Bertz CT molecular complexity index is 534. The van der Waals surface area contributed by atoms with Crippen LogP contribution in [0.5, 0.6) is 0 Å². The average Bonchev–Trinajstić information content (AvgIpc) is 2.85. The number of aryl methyl sites for hydroxylation is 1. The molecular weight excluding hydrogens is 252 g/mol. The molecule has 0 fully saturated rings. The van der Waals surface area contributed by atoms with E-state index in [4.69, 9.17) is 16.1 Å². The summed E-state index contributed by atoms with van der Waals surface area (Å²) < 4.78 is 5.01. The normalized spacial score (nSPS) is 10.3. The van der Waals surface area contributed by atoms with Crippen molar-refractivity contribution in [2.45, 2.75) is 19.3 Å². The van der Waals surface area contributed by atoms with Crippen LogP contribution < -0.4 is 5.32 Å². The summed E-state index contributed by atoms with van der Waals surface area (Å²) in [7, 11) is 0. The zero-order valence-electron chi connectivity index (χ0n) is 9.94. The van der Waals surface area contributed by atoms with Gasteiger partial charge in [0.2, 0.25) is 0 Å². The predicted molar refractivity (Wildman–Crippen MR) is 68.4 cm³/mol. The quantitative estimate of drug-likeness (QED) is 0.864. The molecule has 0 spiro atoms. The summed E-state index contributed by atoms with van der Waals surface area (Å²) in [6.07, 6.45) is 0. The van der Waals surface area contributed by atoms with Crippen LogP contribution >= 0.6 is 11.6 Å². The highest BCUT2D eigenvalue weighted by molar-refractivity contribution is 6.16. The molecule has 0 saturated carbocycles. The Morgan fingerprint density at radius 3 is 2.72 bits per heavy atom. The molecular formula is C13H13ClN2O2. The Labute approximate surface area is 110 Å². The number of carbonyl (C=O) groups excluding carboxylic acids is 1. The zero-order valence-corrected chi connectivity index (χ0v) is 10.7. The lowest BCUT2D eigenvalue weighted by Gasteiger charge is -2.02. The number of rotatable bonds is 4. The van der Waals surface area contributed by atoms with Crippen molar-refractivity contribution in [3.8, 4) is 0 Å². The predicted octanol–water partition coefficient (Wildman–Crippen LogP) is 2.65. The van der Waals surface area contributed by atoms with Crippen LogP contribution in [0.3, 0.4) is 0 Å². The van der Waals surface area contributed by atoms with Crippen molar-refractivity contribution in [3.05, 3.63) is 52.9 Å². The van der Waals surface area contributed by atoms with E-state index >= 15 is 0 Å². The van der Waals surface area contributed by atoms with Crippen LogP contribution in [0.2, 0.25) is 0 Å². The van der Waals surface area contributed by atoms with E-state index in [1.165, 1.54) is 0 Å². The molecule has 18 heavy (non-hydrogen) atoms. The number of benzene rings is 1. The lowest BCUT2D eigenvalue weighted by Crippen LogP contribution is -2.22. The van der Waals surface area contributed by atoms with E-state index in [1.807, 2.05) is 19.1 Å². The molecule has 5 heteroatoms. The standard InChI is InChI=1S/C13H13ClN2O2/c1-9-2-4-10(5-3-9)13(17)15-8-12-6-11(7-14)16-18-12/h2-6H,7-8H2,1H3,(H,15,17). The van der Waals surface area contributed by atoms with E-state index in [-0.39, 0.29) is 5.91 Å². The highest BCUT2D eigenvalue weighted by Gasteiger charge is 2.07. The van der Waals surface area contributed by atoms with Gasteiger partial charge in [0.05, 0.1) is 18.1 Å². The number of halogens is 1. The number of carbonyl (C=O) groups is 1. The first-order valence-electron chi connectivity index (χ1n) is 5.54. The van der Waals surface area contributed by atoms with Crippen LogP contribution in [-0.2, 0) is 12.4 Å². The summed E-state index contributed by atoms with van der Waals surface area (Å²) in [6, 6.07) is 9.09. The average molecular weight is 265 g/mol. The lowest BCUT2D eigenvalue weighted by molar-refractivity contribution is 0.0947. The second-order valence-corrected chi connectivity index (χ2v) is 4.23. The summed E-state index contributed by atoms with van der Waals surface area (Å²) in [5.41, 5.74) is 2.41. The first kappa shape index (κ1) is 12.6. The molecule has 0 bridgehead atoms. The van der Waals surface area contributed by atoms with Gasteiger partial charge in [0.15, 0.2) is 5.76 Å². The molecule has 0 aliphatic rings. The molecule has 1 aromatic carbocycles. The van der Waals surface area contributed by atoms with Crippen molar-refractivity contribution in [1.82, 2.24) is 10.5 Å².